The van der Waals surface area contributed by atoms with Crippen LogP contribution < -0.4 is 0 Å². The summed E-state index contributed by atoms with van der Waals surface area (Å²) in [7, 11) is 0. The predicted molar refractivity (Wildman–Crippen MR) is 90.7 cm³/mol. The molecule has 0 aliphatic carbocycles. The van der Waals surface area contributed by atoms with Gasteiger partial charge in [0, 0.05) is 10.6 Å². The van der Waals surface area contributed by atoms with E-state index in [-0.39, 0.29) is 6.61 Å². The highest BCUT2D eigenvalue weighted by Crippen LogP contribution is 2.30. The maximum Gasteiger partial charge on any atom is 0.339 e. The number of carbonyl (C=O) groups excluding carboxylic acids is 1. The first kappa shape index (κ1) is 15.4. The quantitative estimate of drug-likeness (QED) is 0.568. The third-order valence-corrected chi connectivity index (χ3v) is 3.75. The maximum atomic E-state index is 11.8. The van der Waals surface area contributed by atoms with Crippen molar-refractivity contribution in [2.24, 2.45) is 0 Å². The SMILES string of the molecule is C#CCOC(=O)c1ccc2nc(-c3cc(Cl)ccc3Cl)[nH]c2c1. The summed E-state index contributed by atoms with van der Waals surface area (Å²) >= 11 is 12.2. The smallest absolute Gasteiger partial charge is 0.339 e. The van der Waals surface area contributed by atoms with Gasteiger partial charge in [0.25, 0.3) is 0 Å². The van der Waals surface area contributed by atoms with Crippen LogP contribution in [0.5, 0.6) is 0 Å². The van der Waals surface area contributed by atoms with E-state index in [1.807, 2.05) is 0 Å². The largest absolute Gasteiger partial charge is 0.449 e. The first-order valence-corrected chi connectivity index (χ1v) is 7.40. The van der Waals surface area contributed by atoms with Crippen LogP contribution in [0.4, 0.5) is 0 Å². The molecule has 0 aliphatic heterocycles. The van der Waals surface area contributed by atoms with Gasteiger partial charge in [-0.3, -0.25) is 0 Å². The Morgan fingerprint density at radius 1 is 1.26 bits per heavy atom. The monoisotopic (exact) mass is 344 g/mol. The molecule has 6 heteroatoms. The molecule has 0 amide bonds. The molecule has 0 fully saturated rings. The van der Waals surface area contributed by atoms with Gasteiger partial charge < -0.3 is 9.72 Å². The van der Waals surface area contributed by atoms with Gasteiger partial charge in [0.2, 0.25) is 0 Å². The molecular formula is C17H10Cl2N2O2. The van der Waals surface area contributed by atoms with Crippen molar-refractivity contribution in [2.75, 3.05) is 6.61 Å². The number of imidazole rings is 1. The molecule has 3 rings (SSSR count). The van der Waals surface area contributed by atoms with Crippen molar-refractivity contribution < 1.29 is 9.53 Å². The minimum atomic E-state index is -0.484. The number of nitrogens with zero attached hydrogens (tertiary/aromatic N) is 1. The summed E-state index contributed by atoms with van der Waals surface area (Å²) in [5.41, 5.74) is 2.46. The number of ether oxygens (including phenoxy) is 1. The number of benzene rings is 2. The van der Waals surface area contributed by atoms with Crippen molar-refractivity contribution in [1.82, 2.24) is 9.97 Å². The summed E-state index contributed by atoms with van der Waals surface area (Å²) in [5.74, 6) is 2.34. The summed E-state index contributed by atoms with van der Waals surface area (Å²) in [5, 5.41) is 1.09. The maximum absolute atomic E-state index is 11.8. The van der Waals surface area contributed by atoms with Gasteiger partial charge in [-0.05, 0) is 36.4 Å². The summed E-state index contributed by atoms with van der Waals surface area (Å²) in [4.78, 5) is 19.4. The molecule has 0 radical (unpaired) electrons. The molecule has 4 nitrogen and oxygen atoms in total. The molecule has 1 N–H and O–H groups in total. The van der Waals surface area contributed by atoms with E-state index in [0.717, 1.165) is 0 Å². The minimum absolute atomic E-state index is 0.0663. The number of fused-ring (bicyclic) bond motifs is 1. The van der Waals surface area contributed by atoms with Crippen LogP contribution in [0.3, 0.4) is 0 Å². The highest BCUT2D eigenvalue weighted by molar-refractivity contribution is 6.35. The van der Waals surface area contributed by atoms with Gasteiger partial charge in [-0.25, -0.2) is 9.78 Å². The van der Waals surface area contributed by atoms with Crippen molar-refractivity contribution in [3.05, 3.63) is 52.0 Å². The zero-order valence-corrected chi connectivity index (χ0v) is 13.3. The van der Waals surface area contributed by atoms with Crippen LogP contribution in [0.25, 0.3) is 22.4 Å². The van der Waals surface area contributed by atoms with Crippen LogP contribution >= 0.6 is 23.2 Å². The highest BCUT2D eigenvalue weighted by Gasteiger charge is 2.12. The van der Waals surface area contributed by atoms with E-state index < -0.39 is 5.97 Å². The Bertz CT molecular complexity index is 941. The molecule has 1 heterocycles. The average molecular weight is 345 g/mol. The molecule has 0 aliphatic rings. The number of esters is 1. The van der Waals surface area contributed by atoms with E-state index in [4.69, 9.17) is 34.4 Å². The molecule has 3 aromatic rings. The van der Waals surface area contributed by atoms with Gasteiger partial charge in [-0.15, -0.1) is 6.42 Å². The Labute approximate surface area is 142 Å². The lowest BCUT2D eigenvalue weighted by Gasteiger charge is -2.01. The molecule has 114 valence electrons. The second-order valence-corrected chi connectivity index (χ2v) is 5.57. The second-order valence-electron chi connectivity index (χ2n) is 4.72. The van der Waals surface area contributed by atoms with E-state index >= 15 is 0 Å². The first-order chi connectivity index (χ1) is 11.1. The summed E-state index contributed by atoms with van der Waals surface area (Å²) in [6.07, 6.45) is 5.07. The topological polar surface area (TPSA) is 55.0 Å². The Kier molecular flexibility index (Phi) is 4.24. The van der Waals surface area contributed by atoms with Gasteiger partial charge in [0.05, 0.1) is 21.6 Å². The number of rotatable bonds is 3. The molecule has 0 spiro atoms. The summed E-state index contributed by atoms with van der Waals surface area (Å²) < 4.78 is 4.90. The van der Waals surface area contributed by atoms with Crippen molar-refractivity contribution >= 4 is 40.2 Å². The van der Waals surface area contributed by atoms with Gasteiger partial charge >= 0.3 is 5.97 Å². The Hall–Kier alpha value is -2.48. The second kappa shape index (κ2) is 6.33. The molecule has 0 unspecified atom stereocenters. The van der Waals surface area contributed by atoms with E-state index in [1.54, 1.807) is 36.4 Å². The third kappa shape index (κ3) is 3.16. The molecular weight excluding hydrogens is 335 g/mol. The van der Waals surface area contributed by atoms with Crippen LogP contribution in [0.15, 0.2) is 36.4 Å². The van der Waals surface area contributed by atoms with Crippen LogP contribution in [-0.4, -0.2) is 22.5 Å². The molecule has 0 saturated heterocycles. The first-order valence-electron chi connectivity index (χ1n) is 6.64. The molecule has 23 heavy (non-hydrogen) atoms. The highest BCUT2D eigenvalue weighted by atomic mass is 35.5. The lowest BCUT2D eigenvalue weighted by Crippen LogP contribution is -2.04. The number of carbonyl (C=O) groups is 1. The van der Waals surface area contributed by atoms with Crippen molar-refractivity contribution in [3.63, 3.8) is 0 Å². The van der Waals surface area contributed by atoms with Crippen LogP contribution in [-0.2, 0) is 4.74 Å². The number of nitrogens with one attached hydrogen (secondary N) is 1. The molecule has 0 saturated carbocycles. The standard InChI is InChI=1S/C17H10Cl2N2O2/c1-2-7-23-17(22)10-3-6-14-15(8-10)21-16(20-14)12-9-11(18)4-5-13(12)19/h1,3-6,8-9H,7H2,(H,20,21). The average Bonchev–Trinajstić information content (AvgIpc) is 2.97. The Morgan fingerprint density at radius 2 is 2.09 bits per heavy atom. The van der Waals surface area contributed by atoms with Gasteiger partial charge in [-0.2, -0.15) is 0 Å². The molecule has 0 atom stereocenters. The number of hydrogen-bond donors (Lipinski definition) is 1. The number of halogens is 2. The van der Waals surface area contributed by atoms with Crippen molar-refractivity contribution in [2.45, 2.75) is 0 Å². The molecule has 1 aromatic heterocycles. The Morgan fingerprint density at radius 3 is 2.87 bits per heavy atom. The van der Waals surface area contributed by atoms with E-state index in [0.29, 0.717) is 38.0 Å². The van der Waals surface area contributed by atoms with Crippen LogP contribution in [0, 0.1) is 12.3 Å². The minimum Gasteiger partial charge on any atom is -0.449 e. The summed E-state index contributed by atoms with van der Waals surface area (Å²) in [6, 6.07) is 10.1. The van der Waals surface area contributed by atoms with Crippen molar-refractivity contribution in [3.8, 4) is 23.7 Å². The van der Waals surface area contributed by atoms with E-state index in [2.05, 4.69) is 15.9 Å². The summed E-state index contributed by atoms with van der Waals surface area (Å²) in [6.45, 7) is -0.0663. The van der Waals surface area contributed by atoms with E-state index in [9.17, 15) is 4.79 Å². The zero-order chi connectivity index (χ0) is 16.4. The molecule has 0 bridgehead atoms. The number of H-pyrrole nitrogens is 1. The Balaban J connectivity index is 2.01. The predicted octanol–water partition coefficient (Wildman–Crippen LogP) is 4.33. The van der Waals surface area contributed by atoms with Crippen LogP contribution in [0.1, 0.15) is 10.4 Å². The number of aromatic amines is 1. The van der Waals surface area contributed by atoms with E-state index in [1.165, 1.54) is 0 Å². The lowest BCUT2D eigenvalue weighted by atomic mass is 10.2. The number of terminal acetylenes is 1. The van der Waals surface area contributed by atoms with Gasteiger partial charge in [0.1, 0.15) is 5.82 Å². The van der Waals surface area contributed by atoms with Gasteiger partial charge in [0.15, 0.2) is 6.61 Å². The fourth-order valence-corrected chi connectivity index (χ4v) is 2.51. The number of aromatic nitrogens is 2. The lowest BCUT2D eigenvalue weighted by molar-refractivity contribution is 0.0557. The molecule has 2 aromatic carbocycles. The fourth-order valence-electron chi connectivity index (χ4n) is 2.13. The third-order valence-electron chi connectivity index (χ3n) is 3.19. The van der Waals surface area contributed by atoms with Crippen molar-refractivity contribution in [1.29, 1.82) is 0 Å². The normalized spacial score (nSPS) is 10.5. The number of hydrogen-bond acceptors (Lipinski definition) is 3. The van der Waals surface area contributed by atoms with Gasteiger partial charge in [-0.1, -0.05) is 29.1 Å². The van der Waals surface area contributed by atoms with Crippen LogP contribution in [0.2, 0.25) is 10.0 Å². The zero-order valence-electron chi connectivity index (χ0n) is 11.8. The fraction of sp³-hybridized carbons (Fsp3) is 0.0588.